The van der Waals surface area contributed by atoms with Crippen LogP contribution in [0.15, 0.2) is 18.2 Å². The molecule has 0 N–H and O–H groups in total. The molecule has 1 aromatic carbocycles. The summed E-state index contributed by atoms with van der Waals surface area (Å²) in [5.41, 5.74) is 1.30. The molecule has 0 aliphatic heterocycles. The van der Waals surface area contributed by atoms with Crippen LogP contribution in [0.1, 0.15) is 39.2 Å². The minimum atomic E-state index is 0.189. The van der Waals surface area contributed by atoms with E-state index in [1.807, 2.05) is 19.9 Å². The average molecular weight is 220 g/mol. The van der Waals surface area contributed by atoms with Gasteiger partial charge in [0.15, 0.2) is 11.5 Å². The minimum Gasteiger partial charge on any atom is -0.487 e. The van der Waals surface area contributed by atoms with E-state index in [2.05, 4.69) is 19.1 Å². The molecule has 0 aromatic heterocycles. The van der Waals surface area contributed by atoms with Crippen LogP contribution in [0.2, 0.25) is 0 Å². The molecule has 1 aliphatic carbocycles. The van der Waals surface area contributed by atoms with Crippen molar-refractivity contribution in [2.24, 2.45) is 0 Å². The maximum Gasteiger partial charge on any atom is 0.161 e. The summed E-state index contributed by atoms with van der Waals surface area (Å²) >= 11 is 0. The minimum absolute atomic E-state index is 0.189. The zero-order valence-corrected chi connectivity index (χ0v) is 10.3. The molecule has 0 bridgehead atoms. The smallest absolute Gasteiger partial charge is 0.161 e. The summed E-state index contributed by atoms with van der Waals surface area (Å²) in [5, 5.41) is 0. The van der Waals surface area contributed by atoms with Crippen molar-refractivity contribution in [2.45, 2.75) is 52.2 Å². The Balaban J connectivity index is 2.19. The van der Waals surface area contributed by atoms with Crippen LogP contribution in [0, 0.1) is 0 Å². The summed E-state index contributed by atoms with van der Waals surface area (Å²) < 4.78 is 11.6. The van der Waals surface area contributed by atoms with Crippen LogP contribution in [-0.4, -0.2) is 12.2 Å². The molecule has 1 fully saturated rings. The normalized spacial score (nSPS) is 15.2. The van der Waals surface area contributed by atoms with E-state index in [4.69, 9.17) is 9.47 Å². The van der Waals surface area contributed by atoms with Crippen molar-refractivity contribution in [1.82, 2.24) is 0 Å². The number of hydrogen-bond donors (Lipinski definition) is 0. The first kappa shape index (κ1) is 11.3. The fourth-order valence-corrected chi connectivity index (χ4v) is 1.58. The molecule has 0 unspecified atom stereocenters. The maximum absolute atomic E-state index is 5.87. The Morgan fingerprint density at radius 2 is 2.00 bits per heavy atom. The lowest BCUT2D eigenvalue weighted by atomic mass is 10.1. The second kappa shape index (κ2) is 4.77. The Labute approximate surface area is 97.6 Å². The lowest BCUT2D eigenvalue weighted by molar-refractivity contribution is 0.217. The molecule has 1 aliphatic rings. The van der Waals surface area contributed by atoms with Gasteiger partial charge in [-0.1, -0.05) is 13.0 Å². The van der Waals surface area contributed by atoms with Crippen LogP contribution < -0.4 is 9.47 Å². The molecule has 1 aromatic rings. The lowest BCUT2D eigenvalue weighted by Crippen LogP contribution is -2.08. The summed E-state index contributed by atoms with van der Waals surface area (Å²) in [5.74, 6) is 1.79. The fourth-order valence-electron chi connectivity index (χ4n) is 1.58. The number of hydrogen-bond acceptors (Lipinski definition) is 2. The van der Waals surface area contributed by atoms with Crippen molar-refractivity contribution in [2.75, 3.05) is 0 Å². The van der Waals surface area contributed by atoms with Gasteiger partial charge in [-0.3, -0.25) is 0 Å². The summed E-state index contributed by atoms with van der Waals surface area (Å²) in [6.45, 7) is 6.22. The second-order valence-corrected chi connectivity index (χ2v) is 4.62. The van der Waals surface area contributed by atoms with E-state index in [1.165, 1.54) is 18.4 Å². The Hall–Kier alpha value is -1.18. The summed E-state index contributed by atoms with van der Waals surface area (Å²) in [7, 11) is 0. The van der Waals surface area contributed by atoms with Crippen LogP contribution in [-0.2, 0) is 6.42 Å². The quantitative estimate of drug-likeness (QED) is 0.755. The monoisotopic (exact) mass is 220 g/mol. The van der Waals surface area contributed by atoms with Gasteiger partial charge in [-0.25, -0.2) is 0 Å². The van der Waals surface area contributed by atoms with Gasteiger partial charge in [0.1, 0.15) is 0 Å². The summed E-state index contributed by atoms with van der Waals surface area (Å²) in [6.07, 6.45) is 3.99. The van der Waals surface area contributed by atoms with E-state index in [-0.39, 0.29) is 6.10 Å². The number of benzene rings is 1. The van der Waals surface area contributed by atoms with Gasteiger partial charge < -0.3 is 9.47 Å². The third-order valence-corrected chi connectivity index (χ3v) is 2.60. The van der Waals surface area contributed by atoms with Gasteiger partial charge in [-0.15, -0.1) is 0 Å². The molecule has 0 heterocycles. The standard InChI is InChI=1S/C14H20O2/c1-4-11-5-8-13(15-10(2)3)14(9-11)16-12-6-7-12/h5,8-10,12H,4,6-7H2,1-3H3. The van der Waals surface area contributed by atoms with Gasteiger partial charge in [-0.2, -0.15) is 0 Å². The zero-order chi connectivity index (χ0) is 11.5. The Kier molecular flexibility index (Phi) is 3.37. The molecule has 2 heteroatoms. The van der Waals surface area contributed by atoms with Gasteiger partial charge in [0.25, 0.3) is 0 Å². The number of aryl methyl sites for hydroxylation is 1. The first-order valence-corrected chi connectivity index (χ1v) is 6.15. The van der Waals surface area contributed by atoms with E-state index in [9.17, 15) is 0 Å². The van der Waals surface area contributed by atoms with E-state index in [0.29, 0.717) is 6.10 Å². The predicted octanol–water partition coefficient (Wildman–Crippen LogP) is 3.58. The maximum atomic E-state index is 5.87. The van der Waals surface area contributed by atoms with E-state index in [0.717, 1.165) is 17.9 Å². The van der Waals surface area contributed by atoms with E-state index >= 15 is 0 Å². The molecule has 0 amide bonds. The molecule has 0 saturated heterocycles. The third-order valence-electron chi connectivity index (χ3n) is 2.60. The SMILES string of the molecule is CCc1ccc(OC(C)C)c(OC2CC2)c1. The van der Waals surface area contributed by atoms with Crippen molar-refractivity contribution in [3.8, 4) is 11.5 Å². The van der Waals surface area contributed by atoms with Crippen molar-refractivity contribution in [3.63, 3.8) is 0 Å². The molecule has 0 atom stereocenters. The molecule has 0 spiro atoms. The van der Waals surface area contributed by atoms with Crippen molar-refractivity contribution < 1.29 is 9.47 Å². The third kappa shape index (κ3) is 2.91. The number of ether oxygens (including phenoxy) is 2. The van der Waals surface area contributed by atoms with Gasteiger partial charge in [-0.05, 0) is 50.8 Å². The van der Waals surface area contributed by atoms with Crippen molar-refractivity contribution in [1.29, 1.82) is 0 Å². The molecule has 0 radical (unpaired) electrons. The van der Waals surface area contributed by atoms with Crippen LogP contribution >= 0.6 is 0 Å². The highest BCUT2D eigenvalue weighted by Gasteiger charge is 2.25. The van der Waals surface area contributed by atoms with E-state index in [1.54, 1.807) is 0 Å². The first-order chi connectivity index (χ1) is 7.69. The highest BCUT2D eigenvalue weighted by Crippen LogP contribution is 2.35. The molecule has 2 rings (SSSR count). The molecule has 2 nitrogen and oxygen atoms in total. The molecular formula is C14H20O2. The van der Waals surface area contributed by atoms with Crippen LogP contribution in [0.4, 0.5) is 0 Å². The Morgan fingerprint density at radius 3 is 2.56 bits per heavy atom. The van der Waals surface area contributed by atoms with Crippen LogP contribution in [0.25, 0.3) is 0 Å². The fraction of sp³-hybridized carbons (Fsp3) is 0.571. The van der Waals surface area contributed by atoms with Crippen LogP contribution in [0.5, 0.6) is 11.5 Å². The molecule has 16 heavy (non-hydrogen) atoms. The second-order valence-electron chi connectivity index (χ2n) is 4.62. The zero-order valence-electron chi connectivity index (χ0n) is 10.3. The average Bonchev–Trinajstić information content (AvgIpc) is 3.04. The number of rotatable bonds is 5. The van der Waals surface area contributed by atoms with Crippen LogP contribution in [0.3, 0.4) is 0 Å². The Bertz CT molecular complexity index is 354. The van der Waals surface area contributed by atoms with Gasteiger partial charge >= 0.3 is 0 Å². The van der Waals surface area contributed by atoms with Gasteiger partial charge in [0.05, 0.1) is 12.2 Å². The van der Waals surface area contributed by atoms with Gasteiger partial charge in [0.2, 0.25) is 0 Å². The van der Waals surface area contributed by atoms with Crippen molar-refractivity contribution in [3.05, 3.63) is 23.8 Å². The van der Waals surface area contributed by atoms with Gasteiger partial charge in [0, 0.05) is 0 Å². The van der Waals surface area contributed by atoms with E-state index < -0.39 is 0 Å². The summed E-state index contributed by atoms with van der Waals surface area (Å²) in [4.78, 5) is 0. The lowest BCUT2D eigenvalue weighted by Gasteiger charge is -2.15. The summed E-state index contributed by atoms with van der Waals surface area (Å²) in [6, 6.07) is 6.24. The first-order valence-electron chi connectivity index (χ1n) is 6.15. The van der Waals surface area contributed by atoms with Crippen molar-refractivity contribution >= 4 is 0 Å². The highest BCUT2D eigenvalue weighted by molar-refractivity contribution is 5.43. The molecule has 1 saturated carbocycles. The molecule has 88 valence electrons. The predicted molar refractivity (Wildman–Crippen MR) is 65.2 cm³/mol. The largest absolute Gasteiger partial charge is 0.487 e. The highest BCUT2D eigenvalue weighted by atomic mass is 16.5. The Morgan fingerprint density at radius 1 is 1.25 bits per heavy atom. The molecular weight excluding hydrogens is 200 g/mol. The topological polar surface area (TPSA) is 18.5 Å².